The van der Waals surface area contributed by atoms with Gasteiger partial charge in [-0.1, -0.05) is 54.6 Å². The Labute approximate surface area is 255 Å². The fourth-order valence-corrected chi connectivity index (χ4v) is 8.30. The van der Waals surface area contributed by atoms with Crippen LogP contribution in [0.2, 0.25) is 0 Å². The maximum atomic E-state index is 11.9. The summed E-state index contributed by atoms with van der Waals surface area (Å²) in [6, 6.07) is 32.4. The average Bonchev–Trinajstić information content (AvgIpc) is 2.96. The van der Waals surface area contributed by atoms with Crippen molar-refractivity contribution in [2.24, 2.45) is 5.73 Å². The normalized spacial score (nSPS) is 11.3. The van der Waals surface area contributed by atoms with Crippen molar-refractivity contribution in [2.75, 3.05) is 26.3 Å². The molecule has 45 heavy (non-hydrogen) atoms. The number of carbonyl (C=O) groups excluding carboxylic acids is 2. The van der Waals surface area contributed by atoms with Crippen LogP contribution in [0.15, 0.2) is 91.0 Å². The van der Waals surface area contributed by atoms with Crippen LogP contribution in [-0.2, 0) is 14.4 Å². The quantitative estimate of drug-likeness (QED) is 0.119. The van der Waals surface area contributed by atoms with Gasteiger partial charge in [0.15, 0.2) is 5.96 Å². The van der Waals surface area contributed by atoms with E-state index in [1.807, 2.05) is 11.9 Å². The zero-order valence-electron chi connectivity index (χ0n) is 23.8. The van der Waals surface area contributed by atoms with Crippen LogP contribution in [0.1, 0.15) is 6.42 Å². The lowest BCUT2D eigenvalue weighted by Gasteiger charge is -2.28. The number of amides is 1. The molecule has 0 spiro atoms. The summed E-state index contributed by atoms with van der Waals surface area (Å²) in [5, 5.41) is 29.6. The van der Waals surface area contributed by atoms with Gasteiger partial charge in [0, 0.05) is 6.54 Å². The Morgan fingerprint density at radius 3 is 1.42 bits per heavy atom. The number of benzene rings is 3. The van der Waals surface area contributed by atoms with Gasteiger partial charge in [-0.15, -0.1) is 0 Å². The third kappa shape index (κ3) is 13.4. The molecule has 3 aromatic rings. The molecule has 0 unspecified atom stereocenters. The predicted molar refractivity (Wildman–Crippen MR) is 157 cm³/mol. The molecule has 0 heterocycles. The second kappa shape index (κ2) is 17.7. The maximum Gasteiger partial charge on any atom is 0.490 e. The Kier molecular flexibility index (Phi) is 15.2. The number of carbonyl (C=O) groups is 3. The minimum atomic E-state index is -5.19. The van der Waals surface area contributed by atoms with Crippen LogP contribution in [0.4, 0.5) is 26.3 Å². The van der Waals surface area contributed by atoms with Crippen LogP contribution in [0.5, 0.6) is 0 Å². The molecule has 5 N–H and O–H groups in total. The van der Waals surface area contributed by atoms with E-state index in [-0.39, 0.29) is 18.4 Å². The molecule has 0 radical (unpaired) electrons. The number of nitrogens with one attached hydrogen (secondary N) is 2. The van der Waals surface area contributed by atoms with Crippen molar-refractivity contribution in [3.05, 3.63) is 91.0 Å². The van der Waals surface area contributed by atoms with Gasteiger partial charge in [0.25, 0.3) is 0 Å². The van der Waals surface area contributed by atoms with Crippen molar-refractivity contribution in [2.45, 2.75) is 18.8 Å². The van der Waals surface area contributed by atoms with Crippen LogP contribution < -0.4 is 32.1 Å². The minimum Gasteiger partial charge on any atom is -0.542 e. The number of nitrogens with two attached hydrogens (primary N) is 1. The molecule has 0 bridgehead atoms. The van der Waals surface area contributed by atoms with E-state index in [4.69, 9.17) is 30.9 Å². The molecule has 0 saturated heterocycles. The first-order valence-corrected chi connectivity index (χ1v) is 14.8. The lowest BCUT2D eigenvalue weighted by atomic mass is 10.3. The lowest BCUT2D eigenvalue weighted by Crippen LogP contribution is -2.42. The maximum absolute atomic E-state index is 11.9. The molecule has 1 amide bonds. The number of carboxylic acids is 2. The Hall–Kier alpha value is -4.49. The summed E-state index contributed by atoms with van der Waals surface area (Å²) in [6.45, 7) is 0.993. The zero-order chi connectivity index (χ0) is 34.3. The highest BCUT2D eigenvalue weighted by molar-refractivity contribution is 7.95. The van der Waals surface area contributed by atoms with Crippen LogP contribution >= 0.6 is 7.26 Å². The van der Waals surface area contributed by atoms with Crippen LogP contribution in [0.25, 0.3) is 0 Å². The van der Waals surface area contributed by atoms with Crippen molar-refractivity contribution < 1.29 is 50.9 Å². The highest BCUT2D eigenvalue weighted by Gasteiger charge is 2.44. The van der Waals surface area contributed by atoms with E-state index in [0.717, 1.165) is 19.1 Å². The number of rotatable bonds is 9. The average molecular weight is 661 g/mol. The van der Waals surface area contributed by atoms with Gasteiger partial charge in [-0.25, -0.2) is 4.79 Å². The molecule has 0 fully saturated rings. The van der Waals surface area contributed by atoms with Crippen molar-refractivity contribution in [1.82, 2.24) is 10.2 Å². The van der Waals surface area contributed by atoms with Crippen LogP contribution in [0.3, 0.4) is 0 Å². The molecule has 0 saturated carbocycles. The van der Waals surface area contributed by atoms with Gasteiger partial charge in [-0.05, 0) is 49.9 Å². The fourth-order valence-electron chi connectivity index (χ4n) is 3.97. The Balaban J connectivity index is 0.000000601. The van der Waals surface area contributed by atoms with Crippen molar-refractivity contribution in [1.29, 1.82) is 5.41 Å². The zero-order valence-corrected chi connectivity index (χ0v) is 24.7. The number of carboxylic acid groups (broad SMARTS) is 2. The SMILES string of the molecule is CN(CCC[P+](c1ccccc1)(c1ccccc1)c1ccccc1)CC(=O)NC(=N)N.O=C(O)C(F)(F)F.O=C([O-])C(F)(F)F. The molecule has 3 aromatic carbocycles. The summed E-state index contributed by atoms with van der Waals surface area (Å²) in [4.78, 5) is 31.6. The van der Waals surface area contributed by atoms with Gasteiger partial charge in [-0.3, -0.25) is 20.4 Å². The predicted octanol–water partition coefficient (Wildman–Crippen LogP) is 2.24. The Morgan fingerprint density at radius 1 is 0.822 bits per heavy atom. The molecule has 3 rings (SSSR count). The number of guanidine groups is 1. The van der Waals surface area contributed by atoms with Gasteiger partial charge >= 0.3 is 18.3 Å². The summed E-state index contributed by atoms with van der Waals surface area (Å²) in [5.74, 6) is -6.34. The van der Waals surface area contributed by atoms with E-state index in [2.05, 4.69) is 96.3 Å². The number of likely N-dealkylation sites (N-methyl/N-ethyl adjacent to an activating group) is 1. The van der Waals surface area contributed by atoms with E-state index >= 15 is 0 Å². The first-order chi connectivity index (χ1) is 20.9. The number of aliphatic carboxylic acids is 2. The van der Waals surface area contributed by atoms with E-state index in [9.17, 15) is 31.1 Å². The van der Waals surface area contributed by atoms with Gasteiger partial charge in [0.2, 0.25) is 5.91 Å². The third-order valence-electron chi connectivity index (χ3n) is 5.79. The van der Waals surface area contributed by atoms with Crippen molar-refractivity contribution in [3.63, 3.8) is 0 Å². The largest absolute Gasteiger partial charge is 0.542 e. The van der Waals surface area contributed by atoms with Crippen LogP contribution in [0, 0.1) is 5.41 Å². The molecular weight excluding hydrogens is 629 g/mol. The van der Waals surface area contributed by atoms with Gasteiger partial charge < -0.3 is 20.7 Å². The second-order valence-electron chi connectivity index (χ2n) is 9.18. The first kappa shape index (κ1) is 38.5. The first-order valence-electron chi connectivity index (χ1n) is 12.9. The molecule has 0 aliphatic rings. The highest BCUT2D eigenvalue weighted by atomic mass is 31.2. The molecular formula is C29H31F6N4O5P. The Bertz CT molecular complexity index is 1260. The molecule has 0 aliphatic heterocycles. The van der Waals surface area contributed by atoms with E-state index < -0.39 is 31.6 Å². The van der Waals surface area contributed by atoms with Crippen molar-refractivity contribution >= 4 is 47.0 Å². The van der Waals surface area contributed by atoms with E-state index in [0.29, 0.717) is 0 Å². The standard InChI is InChI=1S/C25H29N4OP.2C2HF3O2/c1-29(20-24(30)28-25(26)27)18-11-19-31(21-12-5-2-6-13-21,22-14-7-3-8-15-22)23-16-9-4-10-17-23;2*3-2(4,5)1(6)7/h2-10,12-17H,11,18-20H2,1H3,(H3-,26,27,28,30);2*(H,6,7). The third-order valence-corrected chi connectivity index (χ3v) is 10.3. The van der Waals surface area contributed by atoms with Gasteiger partial charge in [0.1, 0.15) is 29.1 Å². The van der Waals surface area contributed by atoms with Crippen LogP contribution in [-0.4, -0.2) is 72.5 Å². The molecule has 244 valence electrons. The summed E-state index contributed by atoms with van der Waals surface area (Å²) in [6.07, 6.45) is -8.33. The summed E-state index contributed by atoms with van der Waals surface area (Å²) < 4.78 is 63.3. The number of nitrogens with zero attached hydrogens (tertiary/aromatic N) is 1. The topological polar surface area (TPSA) is 160 Å². The summed E-state index contributed by atoms with van der Waals surface area (Å²) >= 11 is 0. The second-order valence-corrected chi connectivity index (χ2v) is 12.8. The number of alkyl halides is 6. The molecule has 9 nitrogen and oxygen atoms in total. The van der Waals surface area contributed by atoms with Crippen molar-refractivity contribution in [3.8, 4) is 0 Å². The molecule has 0 aliphatic carbocycles. The number of hydrogen-bond acceptors (Lipinski definition) is 6. The number of hydrogen-bond donors (Lipinski definition) is 4. The smallest absolute Gasteiger partial charge is 0.490 e. The summed E-state index contributed by atoms with van der Waals surface area (Å²) in [5.41, 5.74) is 5.26. The van der Waals surface area contributed by atoms with Gasteiger partial charge in [-0.2, -0.15) is 26.3 Å². The van der Waals surface area contributed by atoms with Gasteiger partial charge in [0.05, 0.1) is 12.7 Å². The minimum absolute atomic E-state index is 0.215. The number of halogens is 6. The van der Waals surface area contributed by atoms with E-state index in [1.165, 1.54) is 15.9 Å². The van der Waals surface area contributed by atoms with E-state index in [1.54, 1.807) is 0 Å². The monoisotopic (exact) mass is 660 g/mol. The molecule has 16 heteroatoms. The molecule has 0 aromatic heterocycles. The highest BCUT2D eigenvalue weighted by Crippen LogP contribution is 2.55. The summed E-state index contributed by atoms with van der Waals surface area (Å²) in [7, 11) is 0.0764. The molecule has 0 atom stereocenters. The fraction of sp³-hybridized carbons (Fsp3) is 0.241. The lowest BCUT2D eigenvalue weighted by molar-refractivity contribution is -0.344. The Morgan fingerprint density at radius 2 is 1.16 bits per heavy atom.